The number of alkyl halides is 3. The molecule has 0 spiro atoms. The number of rotatable bonds is 9. The van der Waals surface area contributed by atoms with Crippen molar-refractivity contribution in [3.05, 3.63) is 77.9 Å². The van der Waals surface area contributed by atoms with Crippen LogP contribution in [0.2, 0.25) is 0 Å². The maximum absolute atomic E-state index is 12.1. The van der Waals surface area contributed by atoms with Gasteiger partial charge in [-0.15, -0.1) is 0 Å². The Labute approximate surface area is 204 Å². The van der Waals surface area contributed by atoms with Crippen molar-refractivity contribution < 1.29 is 51.7 Å². The second-order valence-electron chi connectivity index (χ2n) is 7.10. The minimum atomic E-state index is -5.08. The summed E-state index contributed by atoms with van der Waals surface area (Å²) in [5.74, 6) is -4.26. The van der Waals surface area contributed by atoms with E-state index in [0.29, 0.717) is 0 Å². The zero-order valence-electron chi connectivity index (χ0n) is 19.1. The molecule has 3 N–H and O–H groups in total. The Morgan fingerprint density at radius 3 is 2.06 bits per heavy atom. The first-order chi connectivity index (χ1) is 16.8. The average Bonchev–Trinajstić information content (AvgIpc) is 2.83. The largest absolute Gasteiger partial charge is 0.490 e. The molecule has 0 saturated carbocycles. The van der Waals surface area contributed by atoms with Gasteiger partial charge in [-0.2, -0.15) is 13.2 Å². The van der Waals surface area contributed by atoms with Gasteiger partial charge in [0.25, 0.3) is 0 Å². The second kappa shape index (κ2) is 14.3. The molecule has 194 valence electrons. The summed E-state index contributed by atoms with van der Waals surface area (Å²) in [6, 6.07) is 15.0. The number of methoxy groups -OCH3 is 1. The van der Waals surface area contributed by atoms with E-state index in [1.54, 1.807) is 24.3 Å². The molecule has 1 atom stereocenters. The highest BCUT2D eigenvalue weighted by Gasteiger charge is 2.38. The Balaban J connectivity index is 0.000000809. The predicted molar refractivity (Wildman–Crippen MR) is 119 cm³/mol. The molecule has 0 saturated heterocycles. The van der Waals surface area contributed by atoms with Gasteiger partial charge in [-0.1, -0.05) is 49.0 Å². The van der Waals surface area contributed by atoms with E-state index in [9.17, 15) is 27.6 Å². The molecule has 0 bridgehead atoms. The normalized spacial score (nSPS) is 11.2. The summed E-state index contributed by atoms with van der Waals surface area (Å²) in [5.41, 5.74) is 7.57. The van der Waals surface area contributed by atoms with Crippen LogP contribution >= 0.6 is 0 Å². The molecule has 9 nitrogen and oxygen atoms in total. The van der Waals surface area contributed by atoms with E-state index >= 15 is 0 Å². The number of hydrogen-bond acceptors (Lipinski definition) is 8. The first kappa shape index (κ1) is 29.8. The number of carbonyl (C=O) groups is 4. The Bertz CT molecular complexity index is 1050. The molecule has 0 heterocycles. The van der Waals surface area contributed by atoms with Crippen LogP contribution in [0.1, 0.15) is 17.5 Å². The molecule has 0 aliphatic carbocycles. The van der Waals surface area contributed by atoms with Gasteiger partial charge in [0.15, 0.2) is 0 Å². The Morgan fingerprint density at radius 2 is 1.56 bits per heavy atom. The lowest BCUT2D eigenvalue weighted by Gasteiger charge is -2.12. The summed E-state index contributed by atoms with van der Waals surface area (Å²) in [6.07, 6.45) is -5.05. The van der Waals surface area contributed by atoms with Crippen LogP contribution in [0.4, 0.5) is 13.2 Å². The molecule has 36 heavy (non-hydrogen) atoms. The number of halogens is 3. The SMILES string of the molecule is C=C(CC(=O)OC)C(=O)Oc1ccc(CC(N)C(=O)OCc2ccccc2)cc1.O=C(O)C(F)(F)F. The first-order valence-electron chi connectivity index (χ1n) is 10.2. The van der Waals surface area contributed by atoms with Crippen LogP contribution in [0.15, 0.2) is 66.7 Å². The number of carbonyl (C=O) groups excluding carboxylic acids is 3. The Kier molecular flexibility index (Phi) is 11.8. The molecule has 2 aromatic carbocycles. The molecule has 2 rings (SSSR count). The van der Waals surface area contributed by atoms with Crippen LogP contribution in [-0.2, 0) is 41.7 Å². The fraction of sp³-hybridized carbons (Fsp3) is 0.250. The van der Waals surface area contributed by atoms with Crippen LogP contribution in [0.3, 0.4) is 0 Å². The van der Waals surface area contributed by atoms with E-state index in [0.717, 1.165) is 11.1 Å². The third-order valence-electron chi connectivity index (χ3n) is 4.23. The topological polar surface area (TPSA) is 142 Å². The van der Waals surface area contributed by atoms with Crippen molar-refractivity contribution in [1.82, 2.24) is 0 Å². The van der Waals surface area contributed by atoms with Gasteiger partial charge in [0.05, 0.1) is 13.5 Å². The third-order valence-corrected chi connectivity index (χ3v) is 4.23. The molecule has 0 fully saturated rings. The lowest BCUT2D eigenvalue weighted by Crippen LogP contribution is -2.34. The highest BCUT2D eigenvalue weighted by Crippen LogP contribution is 2.16. The lowest BCUT2D eigenvalue weighted by molar-refractivity contribution is -0.192. The minimum Gasteiger partial charge on any atom is -0.475 e. The number of aliphatic carboxylic acids is 1. The smallest absolute Gasteiger partial charge is 0.475 e. The summed E-state index contributed by atoms with van der Waals surface area (Å²) < 4.78 is 46.6. The van der Waals surface area contributed by atoms with E-state index < -0.39 is 36.1 Å². The van der Waals surface area contributed by atoms with Crippen molar-refractivity contribution in [2.75, 3.05) is 7.11 Å². The van der Waals surface area contributed by atoms with Crippen LogP contribution < -0.4 is 10.5 Å². The van der Waals surface area contributed by atoms with Gasteiger partial charge in [-0.3, -0.25) is 9.59 Å². The fourth-order valence-electron chi connectivity index (χ4n) is 2.36. The van der Waals surface area contributed by atoms with Crippen molar-refractivity contribution in [2.24, 2.45) is 5.73 Å². The average molecular weight is 511 g/mol. The molecule has 0 aromatic heterocycles. The maximum atomic E-state index is 12.1. The van der Waals surface area contributed by atoms with Gasteiger partial charge in [0, 0.05) is 5.57 Å². The minimum absolute atomic E-state index is 0.0101. The molecule has 0 aliphatic rings. The van der Waals surface area contributed by atoms with Crippen molar-refractivity contribution in [3.8, 4) is 5.75 Å². The van der Waals surface area contributed by atoms with Gasteiger partial charge < -0.3 is 25.1 Å². The van der Waals surface area contributed by atoms with E-state index in [2.05, 4.69) is 11.3 Å². The first-order valence-corrected chi connectivity index (χ1v) is 10.2. The summed E-state index contributed by atoms with van der Waals surface area (Å²) in [7, 11) is 1.22. The highest BCUT2D eigenvalue weighted by atomic mass is 19.4. The number of carboxylic acid groups (broad SMARTS) is 1. The maximum Gasteiger partial charge on any atom is 0.490 e. The summed E-state index contributed by atoms with van der Waals surface area (Å²) in [4.78, 5) is 44.0. The van der Waals surface area contributed by atoms with E-state index in [1.165, 1.54) is 7.11 Å². The van der Waals surface area contributed by atoms with Crippen molar-refractivity contribution >= 4 is 23.9 Å². The number of esters is 3. The van der Waals surface area contributed by atoms with Gasteiger partial charge in [0.1, 0.15) is 18.4 Å². The summed E-state index contributed by atoms with van der Waals surface area (Å²) >= 11 is 0. The molecular formula is C24H24F3NO8. The van der Waals surface area contributed by atoms with E-state index in [-0.39, 0.29) is 30.8 Å². The van der Waals surface area contributed by atoms with Crippen molar-refractivity contribution in [3.63, 3.8) is 0 Å². The van der Waals surface area contributed by atoms with Crippen molar-refractivity contribution in [2.45, 2.75) is 31.7 Å². The molecule has 1 unspecified atom stereocenters. The molecule has 2 aromatic rings. The molecule has 0 aliphatic heterocycles. The second-order valence-corrected chi connectivity index (χ2v) is 7.10. The van der Waals surface area contributed by atoms with E-state index in [1.807, 2.05) is 30.3 Å². The summed E-state index contributed by atoms with van der Waals surface area (Å²) in [5, 5.41) is 7.12. The van der Waals surface area contributed by atoms with Gasteiger partial charge in [0.2, 0.25) is 0 Å². The molecule has 0 radical (unpaired) electrons. The third kappa shape index (κ3) is 11.3. The highest BCUT2D eigenvalue weighted by molar-refractivity contribution is 5.94. The zero-order chi connectivity index (χ0) is 27.3. The predicted octanol–water partition coefficient (Wildman–Crippen LogP) is 2.96. The molecular weight excluding hydrogens is 487 g/mol. The summed E-state index contributed by atoms with van der Waals surface area (Å²) in [6.45, 7) is 3.68. The number of benzene rings is 2. The number of hydrogen-bond donors (Lipinski definition) is 2. The monoisotopic (exact) mass is 511 g/mol. The fourth-order valence-corrected chi connectivity index (χ4v) is 2.36. The molecule has 12 heteroatoms. The quantitative estimate of drug-likeness (QED) is 0.295. The molecule has 0 amide bonds. The van der Waals surface area contributed by atoms with E-state index in [4.69, 9.17) is 25.1 Å². The van der Waals surface area contributed by atoms with Gasteiger partial charge in [-0.25, -0.2) is 9.59 Å². The van der Waals surface area contributed by atoms with Crippen LogP contribution in [0.25, 0.3) is 0 Å². The Morgan fingerprint density at radius 1 is 1.00 bits per heavy atom. The number of carboxylic acids is 1. The zero-order valence-corrected chi connectivity index (χ0v) is 19.1. The number of nitrogens with two attached hydrogens (primary N) is 1. The number of ether oxygens (including phenoxy) is 3. The van der Waals surface area contributed by atoms with Crippen LogP contribution in [0, 0.1) is 0 Å². The lowest BCUT2D eigenvalue weighted by atomic mass is 10.1. The Hall–Kier alpha value is -4.19. The van der Waals surface area contributed by atoms with Crippen molar-refractivity contribution in [1.29, 1.82) is 0 Å². The van der Waals surface area contributed by atoms with Gasteiger partial charge in [-0.05, 0) is 29.7 Å². The van der Waals surface area contributed by atoms with Gasteiger partial charge >= 0.3 is 30.1 Å². The standard InChI is InChI=1S/C22H23NO6.C2HF3O2/c1-15(12-20(24)27-2)21(25)29-18-10-8-16(9-11-18)13-19(23)22(26)28-14-17-6-4-3-5-7-17;3-2(4,5)1(6)7/h3-11,19H,1,12-14,23H2,2H3;(H,6,7). The van der Waals surface area contributed by atoms with Crippen LogP contribution in [0.5, 0.6) is 5.75 Å². The van der Waals surface area contributed by atoms with Crippen LogP contribution in [-0.4, -0.2) is 48.3 Å².